The van der Waals surface area contributed by atoms with Gasteiger partial charge >= 0.3 is 6.09 Å². The Morgan fingerprint density at radius 2 is 1.75 bits per heavy atom. The number of piperidine rings is 2. The number of pyridine rings is 1. The molecule has 3 aromatic rings. The molecule has 2 saturated heterocycles. The third-order valence-corrected chi connectivity index (χ3v) is 7.67. The van der Waals surface area contributed by atoms with E-state index in [0.29, 0.717) is 24.3 Å². The number of carbonyl (C=O) groups is 1. The SMILES string of the molecule is CCOC(=O)N1CCC(N2CCC(c3cc4[nH]c(-c5ccc(OC)c(OC)c5)cc4cn3)CC2)CC1. The lowest BCUT2D eigenvalue weighted by Gasteiger charge is -2.41. The van der Waals surface area contributed by atoms with Crippen LogP contribution in [0.3, 0.4) is 0 Å². The number of likely N-dealkylation sites (tertiary alicyclic amines) is 2. The van der Waals surface area contributed by atoms with E-state index < -0.39 is 0 Å². The number of fused-ring (bicyclic) bond motifs is 1. The van der Waals surface area contributed by atoms with Gasteiger partial charge in [-0.3, -0.25) is 4.98 Å². The van der Waals surface area contributed by atoms with Crippen LogP contribution in [0.5, 0.6) is 11.5 Å². The predicted molar refractivity (Wildman–Crippen MR) is 140 cm³/mol. The summed E-state index contributed by atoms with van der Waals surface area (Å²) < 4.78 is 16.0. The molecule has 2 aromatic heterocycles. The summed E-state index contributed by atoms with van der Waals surface area (Å²) in [5.41, 5.74) is 4.36. The monoisotopic (exact) mass is 492 g/mol. The van der Waals surface area contributed by atoms with Crippen LogP contribution in [0.2, 0.25) is 0 Å². The zero-order valence-electron chi connectivity index (χ0n) is 21.5. The van der Waals surface area contributed by atoms with Gasteiger partial charge in [0.15, 0.2) is 11.5 Å². The highest BCUT2D eigenvalue weighted by Gasteiger charge is 2.30. The van der Waals surface area contributed by atoms with Crippen molar-refractivity contribution in [1.82, 2.24) is 19.8 Å². The fraction of sp³-hybridized carbons (Fsp3) is 0.500. The van der Waals surface area contributed by atoms with Gasteiger partial charge in [0.2, 0.25) is 0 Å². The van der Waals surface area contributed by atoms with Crippen LogP contribution in [0.15, 0.2) is 36.5 Å². The summed E-state index contributed by atoms with van der Waals surface area (Å²) in [5.74, 6) is 1.90. The summed E-state index contributed by atoms with van der Waals surface area (Å²) in [7, 11) is 3.30. The second-order valence-electron chi connectivity index (χ2n) is 9.68. The number of nitrogens with zero attached hydrogens (tertiary/aromatic N) is 3. The van der Waals surface area contributed by atoms with Crippen LogP contribution in [0, 0.1) is 0 Å². The van der Waals surface area contributed by atoms with Crippen molar-refractivity contribution >= 4 is 17.0 Å². The van der Waals surface area contributed by atoms with Crippen molar-refractivity contribution < 1.29 is 19.0 Å². The van der Waals surface area contributed by atoms with Gasteiger partial charge in [0.25, 0.3) is 0 Å². The molecule has 192 valence electrons. The van der Waals surface area contributed by atoms with E-state index >= 15 is 0 Å². The first kappa shape index (κ1) is 24.4. The van der Waals surface area contributed by atoms with Crippen LogP contribution in [0.25, 0.3) is 22.2 Å². The summed E-state index contributed by atoms with van der Waals surface area (Å²) in [5, 5.41) is 1.11. The van der Waals surface area contributed by atoms with Crippen LogP contribution in [-0.4, -0.2) is 78.9 Å². The van der Waals surface area contributed by atoms with Crippen LogP contribution in [0.1, 0.15) is 44.2 Å². The molecule has 1 amide bonds. The molecule has 5 rings (SSSR count). The summed E-state index contributed by atoms with van der Waals surface area (Å²) in [6, 6.07) is 10.9. The fourth-order valence-corrected chi connectivity index (χ4v) is 5.61. The fourth-order valence-electron chi connectivity index (χ4n) is 5.61. The Kier molecular flexibility index (Phi) is 7.32. The van der Waals surface area contributed by atoms with Gasteiger partial charge in [-0.05, 0) is 76.0 Å². The van der Waals surface area contributed by atoms with Gasteiger partial charge in [0.05, 0.1) is 20.8 Å². The highest BCUT2D eigenvalue weighted by Crippen LogP contribution is 2.35. The van der Waals surface area contributed by atoms with Gasteiger partial charge in [-0.15, -0.1) is 0 Å². The van der Waals surface area contributed by atoms with Gasteiger partial charge < -0.3 is 29.0 Å². The van der Waals surface area contributed by atoms with Crippen LogP contribution < -0.4 is 9.47 Å². The van der Waals surface area contributed by atoms with Crippen LogP contribution in [0.4, 0.5) is 4.79 Å². The van der Waals surface area contributed by atoms with Crippen molar-refractivity contribution in [2.75, 3.05) is 47.0 Å². The van der Waals surface area contributed by atoms with Gasteiger partial charge in [-0.2, -0.15) is 0 Å². The molecule has 36 heavy (non-hydrogen) atoms. The molecule has 1 N–H and O–H groups in total. The minimum absolute atomic E-state index is 0.172. The Morgan fingerprint density at radius 1 is 1.00 bits per heavy atom. The number of methoxy groups -OCH3 is 2. The first-order valence-electron chi connectivity index (χ1n) is 13.0. The number of aromatic nitrogens is 2. The van der Waals surface area contributed by atoms with Crippen molar-refractivity contribution in [2.45, 2.75) is 44.6 Å². The number of aromatic amines is 1. The minimum Gasteiger partial charge on any atom is -0.493 e. The number of rotatable bonds is 6. The molecule has 0 unspecified atom stereocenters. The Morgan fingerprint density at radius 3 is 2.44 bits per heavy atom. The Hall–Kier alpha value is -3.26. The first-order chi connectivity index (χ1) is 17.6. The lowest BCUT2D eigenvalue weighted by molar-refractivity contribution is 0.0661. The largest absolute Gasteiger partial charge is 0.493 e. The number of hydrogen-bond acceptors (Lipinski definition) is 6. The smallest absolute Gasteiger partial charge is 0.409 e. The van der Waals surface area contributed by atoms with Crippen LogP contribution >= 0.6 is 0 Å². The third kappa shape index (κ3) is 5.00. The van der Waals surface area contributed by atoms with E-state index in [2.05, 4.69) is 22.0 Å². The number of amides is 1. The first-order valence-corrected chi connectivity index (χ1v) is 13.0. The van der Waals surface area contributed by atoms with E-state index in [1.54, 1.807) is 14.2 Å². The standard InChI is InChI=1S/C28H36N4O4/c1-4-36-28(33)32-13-9-22(10-14-32)31-11-7-19(8-12-31)23-17-25-21(18-29-23)15-24(30-25)20-5-6-26(34-2)27(16-20)35-3/h5-6,15-19,22,30H,4,7-14H2,1-3H3. The van der Waals surface area contributed by atoms with Crippen molar-refractivity contribution in [3.8, 4) is 22.8 Å². The zero-order chi connectivity index (χ0) is 25.1. The highest BCUT2D eigenvalue weighted by molar-refractivity contribution is 5.85. The maximum Gasteiger partial charge on any atom is 0.409 e. The number of ether oxygens (including phenoxy) is 3. The number of benzene rings is 1. The normalized spacial score (nSPS) is 17.9. The maximum atomic E-state index is 12.0. The van der Waals surface area contributed by atoms with E-state index in [9.17, 15) is 4.79 Å². The highest BCUT2D eigenvalue weighted by atomic mass is 16.6. The Labute approximate surface area is 212 Å². The maximum absolute atomic E-state index is 12.0. The van der Waals surface area contributed by atoms with E-state index in [4.69, 9.17) is 19.2 Å². The number of H-pyrrole nitrogens is 1. The Bertz CT molecular complexity index is 1190. The van der Waals surface area contributed by atoms with Crippen molar-refractivity contribution in [2.24, 2.45) is 0 Å². The molecule has 8 nitrogen and oxygen atoms in total. The molecular formula is C28H36N4O4. The van der Waals surface area contributed by atoms with Crippen molar-refractivity contribution in [3.63, 3.8) is 0 Å². The van der Waals surface area contributed by atoms with Gasteiger partial charge in [0, 0.05) is 59.1 Å². The van der Waals surface area contributed by atoms with E-state index in [1.807, 2.05) is 36.2 Å². The molecule has 0 aliphatic carbocycles. The molecule has 1 aromatic carbocycles. The average Bonchev–Trinajstić information content (AvgIpc) is 3.36. The van der Waals surface area contributed by atoms with Gasteiger partial charge in [0.1, 0.15) is 0 Å². The lowest BCUT2D eigenvalue weighted by Crippen LogP contribution is -2.49. The minimum atomic E-state index is -0.172. The number of carbonyl (C=O) groups excluding carboxylic acids is 1. The van der Waals surface area contributed by atoms with Gasteiger partial charge in [-0.25, -0.2) is 4.79 Å². The molecule has 0 radical (unpaired) electrons. The molecular weight excluding hydrogens is 456 g/mol. The molecule has 2 aliphatic rings. The average molecular weight is 493 g/mol. The summed E-state index contributed by atoms with van der Waals surface area (Å²) >= 11 is 0. The summed E-state index contributed by atoms with van der Waals surface area (Å²) in [4.78, 5) is 24.9. The topological polar surface area (TPSA) is 79.9 Å². The van der Waals surface area contributed by atoms with Crippen LogP contribution in [-0.2, 0) is 4.74 Å². The molecule has 8 heteroatoms. The van der Waals surface area contributed by atoms with Crippen molar-refractivity contribution in [1.29, 1.82) is 0 Å². The van der Waals surface area contributed by atoms with Crippen molar-refractivity contribution in [3.05, 3.63) is 42.2 Å². The molecule has 4 heterocycles. The quantitative estimate of drug-likeness (QED) is 0.519. The zero-order valence-corrected chi connectivity index (χ0v) is 21.5. The molecule has 0 saturated carbocycles. The molecule has 2 aliphatic heterocycles. The second-order valence-corrected chi connectivity index (χ2v) is 9.68. The third-order valence-electron chi connectivity index (χ3n) is 7.67. The van der Waals surface area contributed by atoms with E-state index in [0.717, 1.165) is 79.8 Å². The summed E-state index contributed by atoms with van der Waals surface area (Å²) in [6.45, 7) is 6.03. The Balaban J connectivity index is 1.21. The molecule has 0 spiro atoms. The predicted octanol–water partition coefficient (Wildman–Crippen LogP) is 5.05. The summed E-state index contributed by atoms with van der Waals surface area (Å²) in [6.07, 6.45) is 6.09. The molecule has 2 fully saturated rings. The molecule has 0 atom stereocenters. The van der Waals surface area contributed by atoms with E-state index in [1.165, 1.54) is 5.69 Å². The lowest BCUT2D eigenvalue weighted by atomic mass is 9.90. The second kappa shape index (κ2) is 10.8. The van der Waals surface area contributed by atoms with Gasteiger partial charge in [-0.1, -0.05) is 0 Å². The molecule has 0 bridgehead atoms. The van der Waals surface area contributed by atoms with E-state index in [-0.39, 0.29) is 6.09 Å². The number of hydrogen-bond donors (Lipinski definition) is 1. The number of nitrogens with one attached hydrogen (secondary N) is 1.